The van der Waals surface area contributed by atoms with Crippen molar-refractivity contribution in [2.45, 2.75) is 34.8 Å². The molecule has 0 bridgehead atoms. The maximum atomic E-state index is 12.6. The predicted octanol–water partition coefficient (Wildman–Crippen LogP) is 5.82. The van der Waals surface area contributed by atoms with E-state index < -0.39 is 26.7 Å². The van der Waals surface area contributed by atoms with Crippen molar-refractivity contribution < 1.29 is 17.2 Å². The van der Waals surface area contributed by atoms with Gasteiger partial charge in [0.05, 0.1) is 10.3 Å². The Balaban J connectivity index is 2.04. The van der Waals surface area contributed by atoms with Crippen LogP contribution in [0.5, 0.6) is 0 Å². The molecule has 0 heterocycles. The Morgan fingerprint density at radius 1 is 0.829 bits per heavy atom. The zero-order chi connectivity index (χ0) is 29.9. The number of primary sulfonamides is 1. The molecule has 41 heavy (non-hydrogen) atoms. The number of sulfonamides is 1. The van der Waals surface area contributed by atoms with Gasteiger partial charge in [0, 0.05) is 27.7 Å². The Hall–Kier alpha value is -2.74. The van der Waals surface area contributed by atoms with Crippen molar-refractivity contribution in [3.63, 3.8) is 0 Å². The minimum Gasteiger partial charge on any atom is -0.398 e. The fraction of sp³-hybridized carbons (Fsp3) is 0.172. The smallest absolute Gasteiger partial charge is 0.259 e. The molecule has 1 aliphatic carbocycles. The Kier molecular flexibility index (Phi) is 7.86. The van der Waals surface area contributed by atoms with Crippen LogP contribution in [-0.2, 0) is 37.4 Å². The molecule has 0 fully saturated rings. The standard InChI is InChI=1S/C29H28Br2N4O4S2/c1-15-7-19(9-17(13-30)27(15)32)29(20-8-16(2)28(33)18(10-20)14-31)25-11-21(35-40(36)37)3-5-23(25)24-6-4-22(12-26(24)29)41(34,38)39/h3-12,35H,13-14,32-33H2,1-2H3,(H,36,37)(H2,34,38,39). The third-order valence-corrected chi connectivity index (χ3v) is 10.3. The van der Waals surface area contributed by atoms with Crippen LogP contribution in [0.3, 0.4) is 0 Å². The molecule has 8 N–H and O–H groups in total. The summed E-state index contributed by atoms with van der Waals surface area (Å²) in [5, 5.41) is 6.63. The van der Waals surface area contributed by atoms with E-state index in [1.54, 1.807) is 18.2 Å². The van der Waals surface area contributed by atoms with Crippen LogP contribution in [0.25, 0.3) is 11.1 Å². The van der Waals surface area contributed by atoms with E-state index in [9.17, 15) is 17.2 Å². The normalized spacial score (nSPS) is 14.4. The number of fused-ring (bicyclic) bond motifs is 3. The highest BCUT2D eigenvalue weighted by Gasteiger charge is 2.47. The zero-order valence-electron chi connectivity index (χ0n) is 22.2. The zero-order valence-corrected chi connectivity index (χ0v) is 27.0. The van der Waals surface area contributed by atoms with Crippen LogP contribution in [0.1, 0.15) is 44.5 Å². The maximum Gasteiger partial charge on any atom is 0.259 e. The molecule has 1 atom stereocenters. The fourth-order valence-corrected chi connectivity index (χ4v) is 7.63. The number of benzene rings is 4. The molecule has 0 radical (unpaired) electrons. The number of hydrogen-bond donors (Lipinski definition) is 5. The van der Waals surface area contributed by atoms with Gasteiger partial charge in [0.15, 0.2) is 0 Å². The lowest BCUT2D eigenvalue weighted by atomic mass is 9.66. The summed E-state index contributed by atoms with van der Waals surface area (Å²) < 4.78 is 49.2. The number of aryl methyl sites for hydroxylation is 2. The van der Waals surface area contributed by atoms with E-state index in [2.05, 4.69) is 36.6 Å². The van der Waals surface area contributed by atoms with Gasteiger partial charge in [0.2, 0.25) is 10.0 Å². The lowest BCUT2D eigenvalue weighted by Crippen LogP contribution is -2.30. The van der Waals surface area contributed by atoms with Gasteiger partial charge < -0.3 is 11.5 Å². The van der Waals surface area contributed by atoms with Gasteiger partial charge in [-0.25, -0.2) is 17.8 Å². The van der Waals surface area contributed by atoms with E-state index in [-0.39, 0.29) is 4.90 Å². The van der Waals surface area contributed by atoms with Crippen molar-refractivity contribution in [3.05, 3.63) is 105 Å². The van der Waals surface area contributed by atoms with Crippen LogP contribution < -0.4 is 21.3 Å². The van der Waals surface area contributed by atoms with Gasteiger partial charge in [-0.3, -0.25) is 9.27 Å². The Morgan fingerprint density at radius 2 is 1.32 bits per heavy atom. The topological polar surface area (TPSA) is 162 Å². The van der Waals surface area contributed by atoms with E-state index >= 15 is 0 Å². The molecule has 1 aliphatic rings. The molecule has 214 valence electrons. The van der Waals surface area contributed by atoms with E-state index in [0.717, 1.165) is 50.1 Å². The maximum absolute atomic E-state index is 12.6. The second-order valence-electron chi connectivity index (χ2n) is 10.1. The lowest BCUT2D eigenvalue weighted by Gasteiger charge is -2.36. The largest absolute Gasteiger partial charge is 0.398 e. The minimum atomic E-state index is -4.05. The highest BCUT2D eigenvalue weighted by molar-refractivity contribution is 9.08. The monoisotopic (exact) mass is 718 g/mol. The fourth-order valence-electron chi connectivity index (χ4n) is 5.83. The summed E-state index contributed by atoms with van der Waals surface area (Å²) in [7, 11) is -4.05. The summed E-state index contributed by atoms with van der Waals surface area (Å²) in [5.41, 5.74) is 21.9. The molecule has 0 spiro atoms. The summed E-state index contributed by atoms with van der Waals surface area (Å²) in [6, 6.07) is 18.4. The van der Waals surface area contributed by atoms with Gasteiger partial charge in [-0.05, 0) is 93.7 Å². The van der Waals surface area contributed by atoms with Gasteiger partial charge in [0.25, 0.3) is 11.3 Å². The van der Waals surface area contributed by atoms with Crippen LogP contribution in [0.2, 0.25) is 0 Å². The van der Waals surface area contributed by atoms with Gasteiger partial charge in [-0.1, -0.05) is 68.3 Å². The van der Waals surface area contributed by atoms with Crippen molar-refractivity contribution in [1.82, 2.24) is 0 Å². The molecular formula is C29H28Br2N4O4S2. The first-order valence-corrected chi connectivity index (χ1v) is 17.3. The first-order valence-electron chi connectivity index (χ1n) is 12.4. The number of nitrogen functional groups attached to an aromatic ring is 2. The summed E-state index contributed by atoms with van der Waals surface area (Å²) in [6.07, 6.45) is 0. The molecule has 5 rings (SSSR count). The summed E-state index contributed by atoms with van der Waals surface area (Å²) in [5.74, 6) is 0. The average Bonchev–Trinajstić information content (AvgIpc) is 3.20. The van der Waals surface area contributed by atoms with Crippen LogP contribution in [0, 0.1) is 13.8 Å². The van der Waals surface area contributed by atoms with Crippen molar-refractivity contribution in [3.8, 4) is 11.1 Å². The van der Waals surface area contributed by atoms with Gasteiger partial charge in [-0.2, -0.15) is 0 Å². The van der Waals surface area contributed by atoms with E-state index in [0.29, 0.717) is 33.3 Å². The van der Waals surface area contributed by atoms with Crippen LogP contribution in [0.4, 0.5) is 17.1 Å². The van der Waals surface area contributed by atoms with E-state index in [1.807, 2.05) is 50.2 Å². The molecule has 4 aromatic rings. The van der Waals surface area contributed by atoms with Gasteiger partial charge >= 0.3 is 0 Å². The quantitative estimate of drug-likeness (QED) is 0.0810. The SMILES string of the molecule is Cc1cc(C2(c3cc(C)c(N)c(CBr)c3)c3cc(NS(=O)O)ccc3-c3ccc(S(N)(=O)=O)cc32)cc(CBr)c1N. The number of alkyl halides is 2. The van der Waals surface area contributed by atoms with Crippen molar-refractivity contribution in [1.29, 1.82) is 0 Å². The van der Waals surface area contributed by atoms with Crippen molar-refractivity contribution in [2.24, 2.45) is 5.14 Å². The summed E-state index contributed by atoms with van der Waals surface area (Å²) in [4.78, 5) is -0.0241. The minimum absolute atomic E-state index is 0.0241. The predicted molar refractivity (Wildman–Crippen MR) is 173 cm³/mol. The van der Waals surface area contributed by atoms with E-state index in [1.165, 1.54) is 6.07 Å². The lowest BCUT2D eigenvalue weighted by molar-refractivity contribution is 0.570. The molecule has 0 saturated heterocycles. The first kappa shape index (κ1) is 29.7. The molecule has 0 aromatic heterocycles. The number of rotatable bonds is 7. The third-order valence-electron chi connectivity index (χ3n) is 7.74. The number of anilines is 3. The average molecular weight is 721 g/mol. The molecule has 4 aromatic carbocycles. The summed E-state index contributed by atoms with van der Waals surface area (Å²) in [6.45, 7) is 3.86. The third kappa shape index (κ3) is 4.90. The van der Waals surface area contributed by atoms with Crippen LogP contribution in [0.15, 0.2) is 65.6 Å². The Labute approximate surface area is 258 Å². The molecule has 8 nitrogen and oxygen atoms in total. The molecule has 0 aliphatic heterocycles. The number of hydrogen-bond acceptors (Lipinski definition) is 5. The molecular weight excluding hydrogens is 692 g/mol. The number of nitrogens with one attached hydrogen (secondary N) is 1. The molecule has 1 unspecified atom stereocenters. The highest BCUT2D eigenvalue weighted by atomic mass is 79.9. The first-order chi connectivity index (χ1) is 19.3. The van der Waals surface area contributed by atoms with Crippen LogP contribution >= 0.6 is 31.9 Å². The Morgan fingerprint density at radius 3 is 1.78 bits per heavy atom. The van der Waals surface area contributed by atoms with Crippen LogP contribution in [-0.4, -0.2) is 17.2 Å². The molecule has 0 amide bonds. The van der Waals surface area contributed by atoms with Crippen molar-refractivity contribution >= 4 is 70.2 Å². The Bertz CT molecular complexity index is 1800. The van der Waals surface area contributed by atoms with Crippen molar-refractivity contribution in [2.75, 3.05) is 16.2 Å². The number of nitrogens with two attached hydrogens (primary N) is 3. The highest BCUT2D eigenvalue weighted by Crippen LogP contribution is 2.58. The number of halogens is 2. The van der Waals surface area contributed by atoms with E-state index in [4.69, 9.17) is 16.6 Å². The second kappa shape index (κ2) is 10.8. The molecule has 0 saturated carbocycles. The van der Waals surface area contributed by atoms with Gasteiger partial charge in [0.1, 0.15) is 0 Å². The second-order valence-corrected chi connectivity index (χ2v) is 13.5. The summed E-state index contributed by atoms with van der Waals surface area (Å²) >= 11 is 4.84. The van der Waals surface area contributed by atoms with Gasteiger partial charge in [-0.15, -0.1) is 0 Å². The molecule has 12 heteroatoms.